The zero-order valence-corrected chi connectivity index (χ0v) is 12.9. The molecule has 6 heteroatoms. The highest BCUT2D eigenvalue weighted by Gasteiger charge is 2.19. The molecule has 3 heterocycles. The minimum Gasteiger partial charge on any atom is -0.303 e. The van der Waals surface area contributed by atoms with Gasteiger partial charge in [-0.15, -0.1) is 0 Å². The number of nitrogens with zero attached hydrogens (tertiary/aromatic N) is 4. The summed E-state index contributed by atoms with van der Waals surface area (Å²) in [5.74, 6) is 0.858. The highest BCUT2D eigenvalue weighted by Crippen LogP contribution is 2.26. The number of rotatable bonds is 2. The second-order valence-electron chi connectivity index (χ2n) is 5.26. The normalized spacial score (nSPS) is 15.3. The smallest absolute Gasteiger partial charge is 0.195 e. The highest BCUT2D eigenvalue weighted by atomic mass is 32.1. The molecule has 2 aromatic heterocycles. The molecule has 106 valence electrons. The maximum Gasteiger partial charge on any atom is 0.195 e. The number of aromatic nitrogens is 4. The van der Waals surface area contributed by atoms with Crippen LogP contribution in [0.2, 0.25) is 0 Å². The molecule has 20 heavy (non-hydrogen) atoms. The summed E-state index contributed by atoms with van der Waals surface area (Å²) >= 11 is 5.19. The van der Waals surface area contributed by atoms with Gasteiger partial charge in [0.25, 0.3) is 0 Å². The third-order valence-corrected chi connectivity index (χ3v) is 4.37. The van der Waals surface area contributed by atoms with Crippen molar-refractivity contribution in [1.82, 2.24) is 24.6 Å². The molecule has 0 spiro atoms. The summed E-state index contributed by atoms with van der Waals surface area (Å²) in [7, 11) is 1.93. The Morgan fingerprint density at radius 1 is 1.45 bits per heavy atom. The minimum atomic E-state index is 0.632. The molecule has 2 aromatic rings. The number of hydrogen-bond donors (Lipinski definition) is 1. The van der Waals surface area contributed by atoms with E-state index >= 15 is 0 Å². The van der Waals surface area contributed by atoms with E-state index in [1.165, 1.54) is 11.3 Å². The van der Waals surface area contributed by atoms with Crippen molar-refractivity contribution in [3.8, 4) is 11.4 Å². The van der Waals surface area contributed by atoms with Crippen molar-refractivity contribution >= 4 is 12.2 Å². The van der Waals surface area contributed by atoms with Gasteiger partial charge in [-0.05, 0) is 37.3 Å². The number of pyridine rings is 1. The number of aryl methyl sites for hydroxylation is 1. The number of H-pyrrole nitrogens is 1. The largest absolute Gasteiger partial charge is 0.303 e. The highest BCUT2D eigenvalue weighted by molar-refractivity contribution is 7.71. The average molecular weight is 289 g/mol. The van der Waals surface area contributed by atoms with Gasteiger partial charge in [0, 0.05) is 43.5 Å². The zero-order valence-electron chi connectivity index (χ0n) is 12.1. The summed E-state index contributed by atoms with van der Waals surface area (Å²) in [6.45, 7) is 7.39. The molecular formula is C14H19N5S. The van der Waals surface area contributed by atoms with Gasteiger partial charge in [-0.3, -0.25) is 15.0 Å². The molecule has 1 aliphatic rings. The summed E-state index contributed by atoms with van der Waals surface area (Å²) in [4.78, 5) is 7.22. The van der Waals surface area contributed by atoms with Gasteiger partial charge in [-0.2, -0.15) is 5.10 Å². The van der Waals surface area contributed by atoms with E-state index in [0.29, 0.717) is 4.77 Å². The lowest BCUT2D eigenvalue weighted by Gasteiger charge is -2.27. The van der Waals surface area contributed by atoms with Gasteiger partial charge in [0.05, 0.1) is 0 Å². The Morgan fingerprint density at radius 2 is 2.25 bits per heavy atom. The topological polar surface area (TPSA) is 49.7 Å². The zero-order chi connectivity index (χ0) is 14.3. The molecule has 0 amide bonds. The maximum absolute atomic E-state index is 5.19. The van der Waals surface area contributed by atoms with Crippen molar-refractivity contribution in [2.24, 2.45) is 7.05 Å². The molecule has 0 fully saturated rings. The Morgan fingerprint density at radius 3 is 2.90 bits per heavy atom. The monoisotopic (exact) mass is 289 g/mol. The van der Waals surface area contributed by atoms with Gasteiger partial charge in [0.15, 0.2) is 10.6 Å². The Labute approximate surface area is 123 Å². The van der Waals surface area contributed by atoms with Crippen LogP contribution in [0.3, 0.4) is 0 Å². The lowest BCUT2D eigenvalue weighted by molar-refractivity contribution is 0.265. The second-order valence-corrected chi connectivity index (χ2v) is 5.64. The predicted molar refractivity (Wildman–Crippen MR) is 81.0 cm³/mol. The Hall–Kier alpha value is -1.53. The molecule has 1 N–H and O–H groups in total. The average Bonchev–Trinajstić information content (AvgIpc) is 2.78. The fourth-order valence-corrected chi connectivity index (χ4v) is 2.85. The molecule has 0 saturated carbocycles. The summed E-state index contributed by atoms with van der Waals surface area (Å²) in [5.41, 5.74) is 4.63. The lowest BCUT2D eigenvalue weighted by Crippen LogP contribution is -2.31. The summed E-state index contributed by atoms with van der Waals surface area (Å²) in [5, 5.41) is 7.17. The molecule has 0 bridgehead atoms. The van der Waals surface area contributed by atoms with Crippen LogP contribution in [0.1, 0.15) is 23.9 Å². The molecule has 1 aliphatic heterocycles. The van der Waals surface area contributed by atoms with E-state index in [1.807, 2.05) is 18.5 Å². The number of likely N-dealkylation sites (N-methyl/N-ethyl adjacent to an activating group) is 1. The van der Waals surface area contributed by atoms with E-state index in [2.05, 4.69) is 28.1 Å². The van der Waals surface area contributed by atoms with Crippen molar-refractivity contribution in [1.29, 1.82) is 0 Å². The van der Waals surface area contributed by atoms with Gasteiger partial charge in [0.1, 0.15) is 0 Å². The van der Waals surface area contributed by atoms with Crippen LogP contribution in [0.15, 0.2) is 6.07 Å². The first-order valence-electron chi connectivity index (χ1n) is 6.93. The minimum absolute atomic E-state index is 0.632. The lowest BCUT2D eigenvalue weighted by atomic mass is 10.0. The molecule has 0 aromatic carbocycles. The molecule has 5 nitrogen and oxygen atoms in total. The number of fused-ring (bicyclic) bond motifs is 1. The summed E-state index contributed by atoms with van der Waals surface area (Å²) in [6, 6.07) is 2.23. The number of aromatic amines is 1. The standard InChI is InChI=1S/C14H19N5S/c1-4-19-6-5-12-10(8-19)7-11(9(2)15-12)13-16-17-14(20)18(13)3/h7H,4-6,8H2,1-3H3,(H,17,20). The number of hydrogen-bond acceptors (Lipinski definition) is 4. The fraction of sp³-hybridized carbons (Fsp3) is 0.500. The van der Waals surface area contributed by atoms with Crippen molar-refractivity contribution in [2.75, 3.05) is 13.1 Å². The van der Waals surface area contributed by atoms with Crippen LogP contribution in [0.4, 0.5) is 0 Å². The van der Waals surface area contributed by atoms with E-state index < -0.39 is 0 Å². The van der Waals surface area contributed by atoms with Crippen LogP contribution in [-0.2, 0) is 20.0 Å². The Balaban J connectivity index is 2.09. The van der Waals surface area contributed by atoms with E-state index in [1.54, 1.807) is 0 Å². The number of nitrogens with one attached hydrogen (secondary N) is 1. The first kappa shape index (κ1) is 13.5. The Bertz CT molecular complexity index is 700. The van der Waals surface area contributed by atoms with Gasteiger partial charge >= 0.3 is 0 Å². The van der Waals surface area contributed by atoms with Crippen LogP contribution in [-0.4, -0.2) is 37.7 Å². The van der Waals surface area contributed by atoms with Gasteiger partial charge < -0.3 is 4.57 Å². The SMILES string of the molecule is CCN1CCc2nc(C)c(-c3n[nH]c(=S)n3C)cc2C1. The van der Waals surface area contributed by atoms with Crippen LogP contribution < -0.4 is 0 Å². The van der Waals surface area contributed by atoms with Crippen molar-refractivity contribution in [2.45, 2.75) is 26.8 Å². The maximum atomic E-state index is 5.19. The van der Waals surface area contributed by atoms with Crippen molar-refractivity contribution in [3.63, 3.8) is 0 Å². The third kappa shape index (κ3) is 2.19. The van der Waals surface area contributed by atoms with E-state index in [4.69, 9.17) is 17.2 Å². The van der Waals surface area contributed by atoms with Crippen LogP contribution in [0.25, 0.3) is 11.4 Å². The van der Waals surface area contributed by atoms with Gasteiger partial charge in [-0.1, -0.05) is 6.92 Å². The van der Waals surface area contributed by atoms with Gasteiger partial charge in [0.2, 0.25) is 0 Å². The molecular weight excluding hydrogens is 270 g/mol. The van der Waals surface area contributed by atoms with Crippen LogP contribution >= 0.6 is 12.2 Å². The Kier molecular flexibility index (Phi) is 3.43. The first-order valence-corrected chi connectivity index (χ1v) is 7.34. The molecule has 3 rings (SSSR count). The van der Waals surface area contributed by atoms with Crippen LogP contribution in [0.5, 0.6) is 0 Å². The van der Waals surface area contributed by atoms with Gasteiger partial charge in [-0.25, -0.2) is 0 Å². The van der Waals surface area contributed by atoms with E-state index in [-0.39, 0.29) is 0 Å². The summed E-state index contributed by atoms with van der Waals surface area (Å²) < 4.78 is 2.53. The molecule has 0 radical (unpaired) electrons. The van der Waals surface area contributed by atoms with Crippen LogP contribution in [0, 0.1) is 11.7 Å². The molecule has 0 atom stereocenters. The second kappa shape index (κ2) is 5.10. The third-order valence-electron chi connectivity index (χ3n) is 4.01. The molecule has 0 aliphatic carbocycles. The van der Waals surface area contributed by atoms with Crippen molar-refractivity contribution in [3.05, 3.63) is 27.8 Å². The quantitative estimate of drug-likeness (QED) is 0.861. The van der Waals surface area contributed by atoms with Crippen molar-refractivity contribution < 1.29 is 0 Å². The molecule has 0 unspecified atom stereocenters. The molecule has 0 saturated heterocycles. The fourth-order valence-electron chi connectivity index (χ4n) is 2.72. The summed E-state index contributed by atoms with van der Waals surface area (Å²) in [6.07, 6.45) is 1.03. The van der Waals surface area contributed by atoms with E-state index in [9.17, 15) is 0 Å². The first-order chi connectivity index (χ1) is 9.60. The predicted octanol–water partition coefficient (Wildman–Crippen LogP) is 2.23. The van der Waals surface area contributed by atoms with E-state index in [0.717, 1.165) is 43.1 Å².